The number of hydrogen-bond donors (Lipinski definition) is 1. The first-order valence-corrected chi connectivity index (χ1v) is 6.69. The first-order valence-electron chi connectivity index (χ1n) is 6.69. The van der Waals surface area contributed by atoms with Gasteiger partial charge in [0.15, 0.2) is 0 Å². The molecule has 0 aliphatic heterocycles. The minimum atomic E-state index is 0.607. The van der Waals surface area contributed by atoms with E-state index < -0.39 is 0 Å². The van der Waals surface area contributed by atoms with Crippen LogP contribution in [0.5, 0.6) is 0 Å². The summed E-state index contributed by atoms with van der Waals surface area (Å²) in [5, 5.41) is 3.54. The molecule has 0 aromatic rings. The standard InChI is InChI=1S/C13H28N2/c1-5-14-11(3)12(4)15(6-2)13-9-7-8-10-13/h11-14H,5-10H2,1-4H3. The molecule has 0 spiro atoms. The van der Waals surface area contributed by atoms with E-state index in [0.717, 1.165) is 12.6 Å². The van der Waals surface area contributed by atoms with E-state index >= 15 is 0 Å². The van der Waals surface area contributed by atoms with Gasteiger partial charge in [0, 0.05) is 18.1 Å². The molecule has 0 amide bonds. The minimum Gasteiger partial charge on any atom is -0.313 e. The molecule has 0 aromatic heterocycles. The van der Waals surface area contributed by atoms with Crippen molar-refractivity contribution in [1.82, 2.24) is 10.2 Å². The number of likely N-dealkylation sites (N-methyl/N-ethyl adjacent to an activating group) is 2. The van der Waals surface area contributed by atoms with Crippen LogP contribution in [0.4, 0.5) is 0 Å². The summed E-state index contributed by atoms with van der Waals surface area (Å²) in [6, 6.07) is 2.12. The molecule has 1 fully saturated rings. The predicted molar refractivity (Wildman–Crippen MR) is 67.2 cm³/mol. The average molecular weight is 212 g/mol. The van der Waals surface area contributed by atoms with Crippen molar-refractivity contribution in [2.75, 3.05) is 13.1 Å². The number of nitrogens with one attached hydrogen (secondary N) is 1. The topological polar surface area (TPSA) is 15.3 Å². The van der Waals surface area contributed by atoms with E-state index in [9.17, 15) is 0 Å². The summed E-state index contributed by atoms with van der Waals surface area (Å²) < 4.78 is 0. The van der Waals surface area contributed by atoms with Crippen molar-refractivity contribution in [3.63, 3.8) is 0 Å². The first-order chi connectivity index (χ1) is 7.20. The molecule has 1 aliphatic rings. The third-order valence-corrected chi connectivity index (χ3v) is 3.93. The van der Waals surface area contributed by atoms with E-state index in [1.165, 1.54) is 32.2 Å². The second kappa shape index (κ2) is 6.49. The van der Waals surface area contributed by atoms with Gasteiger partial charge in [-0.15, -0.1) is 0 Å². The van der Waals surface area contributed by atoms with E-state index in [1.54, 1.807) is 0 Å². The zero-order valence-corrected chi connectivity index (χ0v) is 10.9. The lowest BCUT2D eigenvalue weighted by atomic mass is 10.1. The molecule has 1 aliphatic carbocycles. The Morgan fingerprint density at radius 2 is 1.80 bits per heavy atom. The lowest BCUT2D eigenvalue weighted by Gasteiger charge is -2.37. The molecule has 2 nitrogen and oxygen atoms in total. The maximum Gasteiger partial charge on any atom is 0.0221 e. The zero-order chi connectivity index (χ0) is 11.3. The Hall–Kier alpha value is -0.0800. The molecule has 0 radical (unpaired) electrons. The second-order valence-electron chi connectivity index (χ2n) is 4.86. The van der Waals surface area contributed by atoms with Crippen LogP contribution in [0.3, 0.4) is 0 Å². The van der Waals surface area contributed by atoms with Crippen LogP contribution in [-0.4, -0.2) is 36.1 Å². The molecule has 15 heavy (non-hydrogen) atoms. The molecule has 2 atom stereocenters. The molecule has 0 saturated heterocycles. The van der Waals surface area contributed by atoms with Crippen LogP contribution in [0.2, 0.25) is 0 Å². The van der Waals surface area contributed by atoms with Crippen LogP contribution in [0.1, 0.15) is 53.4 Å². The van der Waals surface area contributed by atoms with Gasteiger partial charge < -0.3 is 5.32 Å². The molecule has 1 saturated carbocycles. The Morgan fingerprint density at radius 1 is 1.20 bits per heavy atom. The Labute approximate surface area is 95.4 Å². The van der Waals surface area contributed by atoms with Crippen molar-refractivity contribution in [1.29, 1.82) is 0 Å². The van der Waals surface area contributed by atoms with Crippen LogP contribution in [0, 0.1) is 0 Å². The molecule has 90 valence electrons. The third-order valence-electron chi connectivity index (χ3n) is 3.93. The molecule has 1 N–H and O–H groups in total. The van der Waals surface area contributed by atoms with Crippen molar-refractivity contribution in [3.05, 3.63) is 0 Å². The summed E-state index contributed by atoms with van der Waals surface area (Å²) >= 11 is 0. The van der Waals surface area contributed by atoms with Gasteiger partial charge in [-0.2, -0.15) is 0 Å². The van der Waals surface area contributed by atoms with Crippen molar-refractivity contribution in [2.45, 2.75) is 71.5 Å². The fourth-order valence-electron chi connectivity index (χ4n) is 2.89. The van der Waals surface area contributed by atoms with Gasteiger partial charge >= 0.3 is 0 Å². The number of rotatable bonds is 6. The van der Waals surface area contributed by atoms with Gasteiger partial charge in [0.1, 0.15) is 0 Å². The van der Waals surface area contributed by atoms with E-state index in [-0.39, 0.29) is 0 Å². The number of nitrogens with zero attached hydrogens (tertiary/aromatic N) is 1. The Balaban J connectivity index is 2.48. The third kappa shape index (κ3) is 3.46. The van der Waals surface area contributed by atoms with E-state index in [0.29, 0.717) is 12.1 Å². The van der Waals surface area contributed by atoms with Gasteiger partial charge in [0.25, 0.3) is 0 Å². The maximum absolute atomic E-state index is 3.54. The minimum absolute atomic E-state index is 0.607. The van der Waals surface area contributed by atoms with E-state index in [2.05, 4.69) is 37.9 Å². The highest BCUT2D eigenvalue weighted by atomic mass is 15.2. The van der Waals surface area contributed by atoms with E-state index in [4.69, 9.17) is 0 Å². The second-order valence-corrected chi connectivity index (χ2v) is 4.86. The van der Waals surface area contributed by atoms with Crippen molar-refractivity contribution >= 4 is 0 Å². The predicted octanol–water partition coefficient (Wildman–Crippen LogP) is 2.64. The molecule has 1 rings (SSSR count). The quantitative estimate of drug-likeness (QED) is 0.728. The highest BCUT2D eigenvalue weighted by molar-refractivity contribution is 4.84. The van der Waals surface area contributed by atoms with Crippen LogP contribution >= 0.6 is 0 Å². The molecule has 0 bridgehead atoms. The van der Waals surface area contributed by atoms with Crippen LogP contribution in [-0.2, 0) is 0 Å². The summed E-state index contributed by atoms with van der Waals surface area (Å²) in [4.78, 5) is 2.69. The monoisotopic (exact) mass is 212 g/mol. The van der Waals surface area contributed by atoms with Gasteiger partial charge in [0.2, 0.25) is 0 Å². The molecule has 2 unspecified atom stereocenters. The normalized spacial score (nSPS) is 22.2. The fourth-order valence-corrected chi connectivity index (χ4v) is 2.89. The summed E-state index contributed by atoms with van der Waals surface area (Å²) in [7, 11) is 0. The Morgan fingerprint density at radius 3 is 2.27 bits per heavy atom. The summed E-state index contributed by atoms with van der Waals surface area (Å²) in [6.45, 7) is 11.4. The van der Waals surface area contributed by atoms with Crippen LogP contribution < -0.4 is 5.32 Å². The summed E-state index contributed by atoms with van der Waals surface area (Å²) in [5.74, 6) is 0. The largest absolute Gasteiger partial charge is 0.313 e. The lowest BCUT2D eigenvalue weighted by Crippen LogP contribution is -2.50. The van der Waals surface area contributed by atoms with Gasteiger partial charge in [-0.05, 0) is 39.8 Å². The molecule has 0 aromatic carbocycles. The van der Waals surface area contributed by atoms with Crippen molar-refractivity contribution in [3.8, 4) is 0 Å². The Bertz CT molecular complexity index is 164. The Kier molecular flexibility index (Phi) is 5.62. The van der Waals surface area contributed by atoms with Gasteiger partial charge in [-0.3, -0.25) is 4.90 Å². The van der Waals surface area contributed by atoms with Gasteiger partial charge in [-0.1, -0.05) is 26.7 Å². The summed E-state index contributed by atoms with van der Waals surface area (Å²) in [5.41, 5.74) is 0. The first kappa shape index (κ1) is 13.0. The van der Waals surface area contributed by atoms with Crippen LogP contribution in [0.25, 0.3) is 0 Å². The SMILES string of the molecule is CCNC(C)C(C)N(CC)C1CCCC1. The lowest BCUT2D eigenvalue weighted by molar-refractivity contribution is 0.128. The van der Waals surface area contributed by atoms with E-state index in [1.807, 2.05) is 0 Å². The molecular formula is C13H28N2. The molecule has 0 heterocycles. The highest BCUT2D eigenvalue weighted by Gasteiger charge is 2.27. The fraction of sp³-hybridized carbons (Fsp3) is 1.00. The van der Waals surface area contributed by atoms with Gasteiger partial charge in [0.05, 0.1) is 0 Å². The van der Waals surface area contributed by atoms with Gasteiger partial charge in [-0.25, -0.2) is 0 Å². The average Bonchev–Trinajstić information content (AvgIpc) is 2.72. The summed E-state index contributed by atoms with van der Waals surface area (Å²) in [6.07, 6.45) is 5.70. The zero-order valence-electron chi connectivity index (χ0n) is 10.9. The number of hydrogen-bond acceptors (Lipinski definition) is 2. The van der Waals surface area contributed by atoms with Crippen LogP contribution in [0.15, 0.2) is 0 Å². The highest BCUT2D eigenvalue weighted by Crippen LogP contribution is 2.25. The van der Waals surface area contributed by atoms with Crippen molar-refractivity contribution < 1.29 is 0 Å². The maximum atomic E-state index is 3.54. The smallest absolute Gasteiger partial charge is 0.0221 e. The molecule has 2 heteroatoms. The van der Waals surface area contributed by atoms with Crippen molar-refractivity contribution in [2.24, 2.45) is 0 Å². The molecular weight excluding hydrogens is 184 g/mol.